The molecule has 1 amide bonds. The van der Waals surface area contributed by atoms with Crippen LogP contribution in [-0.2, 0) is 9.53 Å². The van der Waals surface area contributed by atoms with Gasteiger partial charge in [-0.1, -0.05) is 37.3 Å². The summed E-state index contributed by atoms with van der Waals surface area (Å²) in [6.07, 6.45) is 5.20. The Morgan fingerprint density at radius 1 is 1.15 bits per heavy atom. The van der Waals surface area contributed by atoms with Gasteiger partial charge in [-0.05, 0) is 55.7 Å². The van der Waals surface area contributed by atoms with Crippen molar-refractivity contribution in [1.29, 1.82) is 0 Å². The number of hydrogen-bond donors (Lipinski definition) is 0. The Morgan fingerprint density at radius 2 is 1.88 bits per heavy atom. The molecule has 0 radical (unpaired) electrons. The summed E-state index contributed by atoms with van der Waals surface area (Å²) >= 11 is 0. The predicted molar refractivity (Wildman–Crippen MR) is 105 cm³/mol. The highest BCUT2D eigenvalue weighted by Gasteiger charge is 2.40. The Labute approximate surface area is 158 Å². The quantitative estimate of drug-likeness (QED) is 0.699. The van der Waals surface area contributed by atoms with Gasteiger partial charge in [-0.2, -0.15) is 0 Å². The maximum absolute atomic E-state index is 12.3. The van der Waals surface area contributed by atoms with Crippen molar-refractivity contribution in [2.75, 3.05) is 46.4 Å². The summed E-state index contributed by atoms with van der Waals surface area (Å²) < 4.78 is 5.15. The molecule has 1 aromatic rings. The minimum Gasteiger partial charge on any atom is -0.385 e. The van der Waals surface area contributed by atoms with Gasteiger partial charge in [-0.15, -0.1) is 0 Å². The standard InChI is InChI=1S/C22H34N2O2/c1-19(20-7-4-3-5-8-20)17-23-14-11-22(12-15-23)10-9-21(25)24(18-22)13-6-16-26-2/h3-5,7-8,19H,6,9-18H2,1-2H3/t19-/m1/s1. The first-order valence-corrected chi connectivity index (χ1v) is 10.2. The Hall–Kier alpha value is -1.39. The number of carbonyl (C=O) groups is 1. The van der Waals surface area contributed by atoms with Gasteiger partial charge in [0.05, 0.1) is 0 Å². The molecule has 0 unspecified atom stereocenters. The molecule has 0 aliphatic carbocycles. The second kappa shape index (κ2) is 9.01. The van der Waals surface area contributed by atoms with E-state index in [2.05, 4.69) is 47.1 Å². The van der Waals surface area contributed by atoms with Crippen LogP contribution < -0.4 is 0 Å². The van der Waals surface area contributed by atoms with Crippen LogP contribution >= 0.6 is 0 Å². The number of methoxy groups -OCH3 is 1. The van der Waals surface area contributed by atoms with Crippen LogP contribution in [-0.4, -0.2) is 62.1 Å². The molecule has 0 bridgehead atoms. The van der Waals surface area contributed by atoms with Gasteiger partial charge in [0.25, 0.3) is 0 Å². The Bertz CT molecular complexity index is 567. The minimum atomic E-state index is 0.340. The molecule has 26 heavy (non-hydrogen) atoms. The van der Waals surface area contributed by atoms with Crippen molar-refractivity contribution in [2.24, 2.45) is 5.41 Å². The fourth-order valence-electron chi connectivity index (χ4n) is 4.60. The van der Waals surface area contributed by atoms with Crippen LogP contribution in [0.4, 0.5) is 0 Å². The smallest absolute Gasteiger partial charge is 0.222 e. The lowest BCUT2D eigenvalue weighted by Crippen LogP contribution is -2.52. The van der Waals surface area contributed by atoms with Gasteiger partial charge in [-0.3, -0.25) is 4.79 Å². The molecule has 1 atom stereocenters. The van der Waals surface area contributed by atoms with Crippen molar-refractivity contribution in [3.05, 3.63) is 35.9 Å². The van der Waals surface area contributed by atoms with Gasteiger partial charge in [0.2, 0.25) is 5.91 Å². The van der Waals surface area contributed by atoms with Crippen LogP contribution in [0.15, 0.2) is 30.3 Å². The third-order valence-electron chi connectivity index (χ3n) is 6.34. The number of benzene rings is 1. The van der Waals surface area contributed by atoms with Gasteiger partial charge in [0.1, 0.15) is 0 Å². The summed E-state index contributed by atoms with van der Waals surface area (Å²) in [5.41, 5.74) is 1.79. The van der Waals surface area contributed by atoms with E-state index in [1.807, 2.05) is 0 Å². The average Bonchev–Trinajstić information content (AvgIpc) is 2.67. The van der Waals surface area contributed by atoms with Crippen molar-refractivity contribution >= 4 is 5.91 Å². The zero-order valence-corrected chi connectivity index (χ0v) is 16.5. The first-order chi connectivity index (χ1) is 12.6. The van der Waals surface area contributed by atoms with Crippen molar-refractivity contribution in [3.63, 3.8) is 0 Å². The molecule has 0 N–H and O–H groups in total. The van der Waals surface area contributed by atoms with E-state index in [9.17, 15) is 4.79 Å². The number of piperidine rings is 2. The normalized spacial score (nSPS) is 21.9. The third kappa shape index (κ3) is 4.86. The van der Waals surface area contributed by atoms with E-state index < -0.39 is 0 Å². The number of rotatable bonds is 7. The van der Waals surface area contributed by atoms with Crippen molar-refractivity contribution < 1.29 is 9.53 Å². The van der Waals surface area contributed by atoms with Gasteiger partial charge in [0.15, 0.2) is 0 Å². The van der Waals surface area contributed by atoms with E-state index in [4.69, 9.17) is 4.74 Å². The predicted octanol–water partition coefficient (Wildman–Crippen LogP) is 3.53. The number of nitrogens with zero attached hydrogens (tertiary/aromatic N) is 2. The maximum atomic E-state index is 12.3. The van der Waals surface area contributed by atoms with Gasteiger partial charge >= 0.3 is 0 Å². The summed E-state index contributed by atoms with van der Waals surface area (Å²) in [4.78, 5) is 17.0. The molecule has 144 valence electrons. The Balaban J connectivity index is 1.50. The fourth-order valence-corrected chi connectivity index (χ4v) is 4.60. The zero-order chi connectivity index (χ0) is 18.4. The molecule has 1 spiro atoms. The Kier molecular flexibility index (Phi) is 6.71. The number of likely N-dealkylation sites (tertiary alicyclic amines) is 2. The largest absolute Gasteiger partial charge is 0.385 e. The molecule has 2 aliphatic heterocycles. The average molecular weight is 359 g/mol. The second-order valence-electron chi connectivity index (χ2n) is 8.27. The van der Waals surface area contributed by atoms with Crippen LogP contribution in [0.2, 0.25) is 0 Å². The van der Waals surface area contributed by atoms with Gasteiger partial charge < -0.3 is 14.5 Å². The van der Waals surface area contributed by atoms with E-state index in [0.29, 0.717) is 17.2 Å². The Morgan fingerprint density at radius 3 is 2.58 bits per heavy atom. The number of ether oxygens (including phenoxy) is 1. The molecule has 1 aromatic carbocycles. The van der Waals surface area contributed by atoms with Crippen molar-refractivity contribution in [1.82, 2.24) is 9.80 Å². The lowest BCUT2D eigenvalue weighted by atomic mass is 9.72. The maximum Gasteiger partial charge on any atom is 0.222 e. The van der Waals surface area contributed by atoms with E-state index >= 15 is 0 Å². The molecular weight excluding hydrogens is 324 g/mol. The summed E-state index contributed by atoms with van der Waals surface area (Å²) in [5.74, 6) is 0.913. The first-order valence-electron chi connectivity index (χ1n) is 10.2. The van der Waals surface area contributed by atoms with E-state index in [1.54, 1.807) is 7.11 Å². The number of hydrogen-bond acceptors (Lipinski definition) is 3. The molecule has 2 aliphatic rings. The lowest BCUT2D eigenvalue weighted by molar-refractivity contribution is -0.139. The number of amides is 1. The highest BCUT2D eigenvalue weighted by atomic mass is 16.5. The minimum absolute atomic E-state index is 0.340. The molecule has 4 nitrogen and oxygen atoms in total. The second-order valence-corrected chi connectivity index (χ2v) is 8.27. The van der Waals surface area contributed by atoms with Crippen LogP contribution in [0.5, 0.6) is 0 Å². The van der Waals surface area contributed by atoms with Gasteiger partial charge in [0, 0.05) is 39.8 Å². The monoisotopic (exact) mass is 358 g/mol. The summed E-state index contributed by atoms with van der Waals surface area (Å²) in [7, 11) is 1.73. The van der Waals surface area contributed by atoms with E-state index in [-0.39, 0.29) is 0 Å². The lowest BCUT2D eigenvalue weighted by Gasteiger charge is -2.48. The van der Waals surface area contributed by atoms with Crippen LogP contribution in [0.25, 0.3) is 0 Å². The molecule has 2 fully saturated rings. The molecule has 2 saturated heterocycles. The van der Waals surface area contributed by atoms with Crippen LogP contribution in [0.3, 0.4) is 0 Å². The van der Waals surface area contributed by atoms with Crippen molar-refractivity contribution in [3.8, 4) is 0 Å². The molecule has 0 saturated carbocycles. The molecular formula is C22H34N2O2. The third-order valence-corrected chi connectivity index (χ3v) is 6.34. The number of carbonyl (C=O) groups excluding carboxylic acids is 1. The highest BCUT2D eigenvalue weighted by Crippen LogP contribution is 2.40. The highest BCUT2D eigenvalue weighted by molar-refractivity contribution is 5.77. The van der Waals surface area contributed by atoms with Crippen LogP contribution in [0.1, 0.15) is 50.5 Å². The summed E-state index contributed by atoms with van der Waals surface area (Å²) in [5, 5.41) is 0. The molecule has 4 heteroatoms. The summed E-state index contributed by atoms with van der Waals surface area (Å²) in [6, 6.07) is 10.8. The first kappa shape index (κ1) is 19.4. The molecule has 2 heterocycles. The van der Waals surface area contributed by atoms with Crippen molar-refractivity contribution in [2.45, 2.75) is 44.9 Å². The summed E-state index contributed by atoms with van der Waals surface area (Å²) in [6.45, 7) is 8.34. The zero-order valence-electron chi connectivity index (χ0n) is 16.5. The molecule has 0 aromatic heterocycles. The molecule has 3 rings (SSSR count). The van der Waals surface area contributed by atoms with Crippen LogP contribution in [0, 0.1) is 5.41 Å². The van der Waals surface area contributed by atoms with Gasteiger partial charge in [-0.25, -0.2) is 0 Å². The van der Waals surface area contributed by atoms with E-state index in [0.717, 1.165) is 58.6 Å². The van der Waals surface area contributed by atoms with E-state index in [1.165, 1.54) is 18.4 Å². The topological polar surface area (TPSA) is 32.8 Å². The SMILES string of the molecule is COCCCN1CC2(CCC1=O)CCN(C[C@@H](C)c1ccccc1)CC2. The fraction of sp³-hybridized carbons (Fsp3) is 0.682.